The number of hydrogen-bond donors (Lipinski definition) is 1. The molecule has 22 heavy (non-hydrogen) atoms. The van der Waals surface area contributed by atoms with Gasteiger partial charge in [-0.05, 0) is 50.8 Å². The summed E-state index contributed by atoms with van der Waals surface area (Å²) in [6.45, 7) is 6.86. The topological polar surface area (TPSA) is 58.3 Å². The Balaban J connectivity index is 1.66. The van der Waals surface area contributed by atoms with Crippen molar-refractivity contribution in [2.45, 2.75) is 57.5 Å². The van der Waals surface area contributed by atoms with Crippen molar-refractivity contribution in [2.24, 2.45) is 0 Å². The van der Waals surface area contributed by atoms with Crippen LogP contribution in [0.25, 0.3) is 5.65 Å². The molecule has 0 unspecified atom stereocenters. The van der Waals surface area contributed by atoms with Crippen LogP contribution in [0.2, 0.25) is 0 Å². The summed E-state index contributed by atoms with van der Waals surface area (Å²) in [5.74, 6) is 0.390. The molecule has 4 heterocycles. The van der Waals surface area contributed by atoms with Crippen LogP contribution >= 0.6 is 0 Å². The molecule has 2 fully saturated rings. The Bertz CT molecular complexity index is 664. The lowest BCUT2D eigenvalue weighted by Crippen LogP contribution is -2.47. The van der Waals surface area contributed by atoms with Crippen molar-refractivity contribution in [2.75, 3.05) is 18.4 Å². The minimum absolute atomic E-state index is 0.390. The molecule has 2 aliphatic heterocycles. The van der Waals surface area contributed by atoms with Crippen LogP contribution in [-0.4, -0.2) is 49.9 Å². The molecule has 1 N–H and O–H groups in total. The smallest absolute Gasteiger partial charge is 0.200 e. The molecule has 2 aromatic rings. The Kier molecular flexibility index (Phi) is 3.48. The lowest BCUT2D eigenvalue weighted by atomic mass is 9.96. The van der Waals surface area contributed by atoms with Crippen LogP contribution in [0.4, 0.5) is 5.69 Å². The number of hydrogen-bond acceptors (Lipinski definition) is 5. The molecule has 0 aromatic carbocycles. The van der Waals surface area contributed by atoms with Gasteiger partial charge in [-0.1, -0.05) is 13.8 Å². The third-order valence-electron chi connectivity index (χ3n) is 5.06. The number of piperidine rings is 1. The van der Waals surface area contributed by atoms with Crippen LogP contribution in [0.1, 0.15) is 51.1 Å². The van der Waals surface area contributed by atoms with Crippen molar-refractivity contribution in [1.82, 2.24) is 24.7 Å². The number of nitrogens with one attached hydrogen (secondary N) is 1. The zero-order valence-corrected chi connectivity index (χ0v) is 13.4. The Hall–Kier alpha value is -1.69. The zero-order valence-electron chi connectivity index (χ0n) is 13.4. The van der Waals surface area contributed by atoms with E-state index in [1.807, 2.05) is 0 Å². The van der Waals surface area contributed by atoms with Crippen LogP contribution in [0.3, 0.4) is 0 Å². The van der Waals surface area contributed by atoms with Gasteiger partial charge in [0.05, 0.1) is 11.4 Å². The second kappa shape index (κ2) is 5.50. The Morgan fingerprint density at radius 3 is 2.86 bits per heavy atom. The summed E-state index contributed by atoms with van der Waals surface area (Å²) >= 11 is 0. The summed E-state index contributed by atoms with van der Waals surface area (Å²) in [7, 11) is 0. The van der Waals surface area contributed by atoms with E-state index in [9.17, 15) is 0 Å². The third-order valence-corrected chi connectivity index (χ3v) is 5.06. The number of anilines is 1. The van der Waals surface area contributed by atoms with E-state index in [0.717, 1.165) is 17.0 Å². The average molecular weight is 300 g/mol. The maximum Gasteiger partial charge on any atom is 0.200 e. The molecule has 2 atom stereocenters. The van der Waals surface area contributed by atoms with Gasteiger partial charge in [-0.15, -0.1) is 10.2 Å². The minimum Gasteiger partial charge on any atom is -0.378 e. The number of aromatic nitrogens is 4. The fourth-order valence-electron chi connectivity index (χ4n) is 3.89. The van der Waals surface area contributed by atoms with Crippen molar-refractivity contribution in [1.29, 1.82) is 0 Å². The molecular formula is C16H24N6. The van der Waals surface area contributed by atoms with Crippen molar-refractivity contribution < 1.29 is 0 Å². The average Bonchev–Trinajstić information content (AvgIpc) is 3.16. The van der Waals surface area contributed by atoms with E-state index < -0.39 is 0 Å². The molecule has 0 saturated carbocycles. The van der Waals surface area contributed by atoms with E-state index in [0.29, 0.717) is 18.0 Å². The summed E-state index contributed by atoms with van der Waals surface area (Å²) in [6, 6.07) is 3.34. The molecule has 6 heteroatoms. The first-order valence-electron chi connectivity index (χ1n) is 8.44. The van der Waals surface area contributed by atoms with Crippen molar-refractivity contribution in [3.8, 4) is 0 Å². The van der Waals surface area contributed by atoms with Gasteiger partial charge in [0.15, 0.2) is 0 Å². The molecular weight excluding hydrogens is 276 g/mol. The van der Waals surface area contributed by atoms with Gasteiger partial charge in [-0.3, -0.25) is 4.90 Å². The third kappa shape index (κ3) is 2.35. The normalized spacial score (nSPS) is 25.8. The highest BCUT2D eigenvalue weighted by Crippen LogP contribution is 2.30. The molecule has 0 aliphatic carbocycles. The summed E-state index contributed by atoms with van der Waals surface area (Å²) < 4.78 is 1.80. The molecule has 2 aromatic heterocycles. The van der Waals surface area contributed by atoms with Gasteiger partial charge >= 0.3 is 0 Å². The Labute approximate surface area is 130 Å². The van der Waals surface area contributed by atoms with Crippen LogP contribution in [0.5, 0.6) is 0 Å². The predicted octanol–water partition coefficient (Wildman–Crippen LogP) is 2.29. The summed E-state index contributed by atoms with van der Waals surface area (Å²) in [5, 5.41) is 16.6. The number of nitrogens with zero attached hydrogens (tertiary/aromatic N) is 5. The molecule has 0 spiro atoms. The van der Waals surface area contributed by atoms with Gasteiger partial charge in [-0.25, -0.2) is 0 Å². The van der Waals surface area contributed by atoms with Gasteiger partial charge in [0, 0.05) is 12.1 Å². The number of fused-ring (bicyclic) bond motifs is 2. The van der Waals surface area contributed by atoms with Crippen molar-refractivity contribution in [3.05, 3.63) is 18.1 Å². The van der Waals surface area contributed by atoms with Crippen LogP contribution in [0, 0.1) is 0 Å². The van der Waals surface area contributed by atoms with Crippen molar-refractivity contribution in [3.63, 3.8) is 0 Å². The molecule has 2 saturated heterocycles. The summed E-state index contributed by atoms with van der Waals surface area (Å²) in [6.07, 6.45) is 6.84. The van der Waals surface area contributed by atoms with Crippen LogP contribution in [-0.2, 0) is 0 Å². The van der Waals surface area contributed by atoms with E-state index in [1.54, 1.807) is 10.8 Å². The lowest BCUT2D eigenvalue weighted by Gasteiger charge is -2.37. The number of rotatable bonds is 3. The van der Waals surface area contributed by atoms with E-state index in [-0.39, 0.29) is 0 Å². The van der Waals surface area contributed by atoms with Gasteiger partial charge in [0.2, 0.25) is 5.65 Å². The molecule has 118 valence electrons. The first kappa shape index (κ1) is 13.9. The quantitative estimate of drug-likeness (QED) is 0.942. The Morgan fingerprint density at radius 2 is 2.05 bits per heavy atom. The maximum absolute atomic E-state index is 4.60. The molecule has 6 nitrogen and oxygen atoms in total. The van der Waals surface area contributed by atoms with Crippen LogP contribution in [0.15, 0.2) is 12.4 Å². The fourth-order valence-corrected chi connectivity index (χ4v) is 3.89. The zero-order chi connectivity index (χ0) is 15.1. The summed E-state index contributed by atoms with van der Waals surface area (Å²) in [5.41, 5.74) is 2.99. The highest BCUT2D eigenvalue weighted by Gasteiger charge is 2.34. The molecule has 0 bridgehead atoms. The summed E-state index contributed by atoms with van der Waals surface area (Å²) in [4.78, 5) is 2.65. The SMILES string of the molecule is CC(C)c1cc(N[C@H]2CCCN3CCC[C@@H]23)c2nncn2n1. The van der Waals surface area contributed by atoms with Crippen LogP contribution < -0.4 is 5.32 Å². The second-order valence-electron chi connectivity index (χ2n) is 6.88. The van der Waals surface area contributed by atoms with E-state index in [4.69, 9.17) is 0 Å². The van der Waals surface area contributed by atoms with Gasteiger partial charge in [0.1, 0.15) is 6.33 Å². The minimum atomic E-state index is 0.390. The Morgan fingerprint density at radius 1 is 1.23 bits per heavy atom. The van der Waals surface area contributed by atoms with Gasteiger partial charge in [0.25, 0.3) is 0 Å². The highest BCUT2D eigenvalue weighted by molar-refractivity contribution is 5.67. The maximum atomic E-state index is 4.60. The van der Waals surface area contributed by atoms with E-state index in [1.165, 1.54) is 38.8 Å². The monoisotopic (exact) mass is 300 g/mol. The predicted molar refractivity (Wildman–Crippen MR) is 86.1 cm³/mol. The first-order valence-corrected chi connectivity index (χ1v) is 8.44. The molecule has 2 aliphatic rings. The molecule has 4 rings (SSSR count). The van der Waals surface area contributed by atoms with Crippen molar-refractivity contribution >= 4 is 11.3 Å². The highest BCUT2D eigenvalue weighted by atomic mass is 15.4. The van der Waals surface area contributed by atoms with Gasteiger partial charge in [-0.2, -0.15) is 9.61 Å². The largest absolute Gasteiger partial charge is 0.378 e. The van der Waals surface area contributed by atoms with E-state index >= 15 is 0 Å². The lowest BCUT2D eigenvalue weighted by molar-refractivity contribution is 0.183. The standard InChI is InChI=1S/C16H24N6/c1-11(2)13-9-14(16-19-17-10-22(16)20-13)18-12-5-3-7-21-8-4-6-15(12)21/h9-12,15,18H,3-8H2,1-2H3/t12-,15-/m0/s1. The molecule has 0 amide bonds. The first-order chi connectivity index (χ1) is 10.7. The molecule has 0 radical (unpaired) electrons. The van der Waals surface area contributed by atoms with Gasteiger partial charge < -0.3 is 5.32 Å². The van der Waals surface area contributed by atoms with E-state index in [2.05, 4.69) is 45.4 Å². The second-order valence-corrected chi connectivity index (χ2v) is 6.88. The fraction of sp³-hybridized carbons (Fsp3) is 0.688.